The molecule has 0 bridgehead atoms. The van der Waals surface area contributed by atoms with Crippen molar-refractivity contribution in [3.8, 4) is 0 Å². The molecule has 1 aliphatic rings. The van der Waals surface area contributed by atoms with Gasteiger partial charge in [-0.15, -0.1) is 0 Å². The lowest BCUT2D eigenvalue weighted by molar-refractivity contribution is -0.0288. The highest BCUT2D eigenvalue weighted by atomic mass is 79.9. The van der Waals surface area contributed by atoms with Crippen molar-refractivity contribution in [1.82, 2.24) is 0 Å². The zero-order valence-electron chi connectivity index (χ0n) is 16.6. The molecular formula is C24H22Br2FNO2. The second-order valence-electron chi connectivity index (χ2n) is 7.28. The van der Waals surface area contributed by atoms with Crippen LogP contribution in [0.3, 0.4) is 0 Å². The summed E-state index contributed by atoms with van der Waals surface area (Å²) in [7, 11) is 3.44. The van der Waals surface area contributed by atoms with E-state index in [1.165, 1.54) is 12.1 Å². The minimum Gasteiger partial charge on any atom is -0.376 e. The number of rotatable bonds is 5. The maximum atomic E-state index is 13.7. The van der Waals surface area contributed by atoms with E-state index in [-0.39, 0.29) is 30.1 Å². The average Bonchev–Trinajstić information content (AvgIpc) is 3.09. The van der Waals surface area contributed by atoms with Crippen LogP contribution in [0.25, 0.3) is 0 Å². The van der Waals surface area contributed by atoms with Crippen molar-refractivity contribution in [3.63, 3.8) is 0 Å². The van der Waals surface area contributed by atoms with Crippen molar-refractivity contribution in [2.45, 2.75) is 24.3 Å². The standard InChI is InChI=1S/C24H22Br2FNO2/c1-29-23-21(15-3-7-17(25)8-4-15)28(20-13-11-19(27)12-14-20)22(24(23)30-2)16-5-9-18(26)10-6-16/h3-14,21-24H,1-2H3/t21-,22-,23+,24+/m0/s1. The zero-order valence-corrected chi connectivity index (χ0v) is 19.8. The molecule has 4 rings (SSSR count). The molecule has 156 valence electrons. The molecule has 6 heteroatoms. The van der Waals surface area contributed by atoms with Crippen LogP contribution in [0.2, 0.25) is 0 Å². The third-order valence-corrected chi connectivity index (χ3v) is 6.70. The van der Waals surface area contributed by atoms with Crippen LogP contribution < -0.4 is 4.90 Å². The van der Waals surface area contributed by atoms with Crippen LogP contribution in [0.15, 0.2) is 81.7 Å². The Bertz CT molecular complexity index is 920. The molecule has 3 nitrogen and oxygen atoms in total. The smallest absolute Gasteiger partial charge is 0.123 e. The first-order chi connectivity index (χ1) is 14.5. The summed E-state index contributed by atoms with van der Waals surface area (Å²) in [4.78, 5) is 2.29. The third kappa shape index (κ3) is 4.06. The van der Waals surface area contributed by atoms with Crippen molar-refractivity contribution >= 4 is 37.5 Å². The van der Waals surface area contributed by atoms with Gasteiger partial charge in [0.05, 0.1) is 12.1 Å². The van der Waals surface area contributed by atoms with Crippen LogP contribution in [0.5, 0.6) is 0 Å². The molecule has 0 radical (unpaired) electrons. The second kappa shape index (κ2) is 9.18. The van der Waals surface area contributed by atoms with Crippen molar-refractivity contribution in [1.29, 1.82) is 0 Å². The van der Waals surface area contributed by atoms with Gasteiger partial charge in [-0.1, -0.05) is 56.1 Å². The second-order valence-corrected chi connectivity index (χ2v) is 9.11. The van der Waals surface area contributed by atoms with Gasteiger partial charge in [0.25, 0.3) is 0 Å². The normalized spacial score (nSPS) is 23.7. The van der Waals surface area contributed by atoms with Gasteiger partial charge in [-0.25, -0.2) is 4.39 Å². The molecule has 1 saturated heterocycles. The number of hydrogen-bond donors (Lipinski definition) is 0. The molecule has 1 fully saturated rings. The first-order valence-corrected chi connectivity index (χ1v) is 11.2. The van der Waals surface area contributed by atoms with Gasteiger partial charge in [0.15, 0.2) is 0 Å². The Hall–Kier alpha value is -1.73. The molecule has 0 unspecified atom stereocenters. The highest BCUT2D eigenvalue weighted by Crippen LogP contribution is 2.49. The predicted octanol–water partition coefficient (Wildman–Crippen LogP) is 6.68. The fraction of sp³-hybridized carbons (Fsp3) is 0.250. The molecule has 1 aliphatic heterocycles. The molecule has 3 aromatic rings. The van der Waals surface area contributed by atoms with E-state index in [1.54, 1.807) is 14.2 Å². The largest absolute Gasteiger partial charge is 0.376 e. The number of hydrogen-bond acceptors (Lipinski definition) is 3. The summed E-state index contributed by atoms with van der Waals surface area (Å²) < 4.78 is 27.7. The van der Waals surface area contributed by atoms with E-state index in [4.69, 9.17) is 9.47 Å². The molecule has 1 heterocycles. The minimum absolute atomic E-state index is 0.104. The van der Waals surface area contributed by atoms with Crippen LogP contribution in [-0.4, -0.2) is 26.4 Å². The highest BCUT2D eigenvalue weighted by Gasteiger charge is 2.51. The minimum atomic E-state index is -0.259. The molecule has 4 atom stereocenters. The lowest BCUT2D eigenvalue weighted by Crippen LogP contribution is -2.31. The Labute approximate surface area is 193 Å². The van der Waals surface area contributed by atoms with E-state index in [0.29, 0.717) is 0 Å². The van der Waals surface area contributed by atoms with E-state index in [9.17, 15) is 4.39 Å². The van der Waals surface area contributed by atoms with E-state index >= 15 is 0 Å². The van der Waals surface area contributed by atoms with Crippen molar-refractivity contribution in [3.05, 3.63) is 98.7 Å². The van der Waals surface area contributed by atoms with Gasteiger partial charge in [0.2, 0.25) is 0 Å². The zero-order chi connectivity index (χ0) is 21.3. The molecule has 0 N–H and O–H groups in total. The number of anilines is 1. The van der Waals surface area contributed by atoms with Gasteiger partial charge in [-0.05, 0) is 59.7 Å². The number of nitrogens with zero attached hydrogens (tertiary/aromatic N) is 1. The van der Waals surface area contributed by atoms with Crippen LogP contribution in [-0.2, 0) is 9.47 Å². The van der Waals surface area contributed by atoms with Gasteiger partial charge in [-0.3, -0.25) is 0 Å². The van der Waals surface area contributed by atoms with E-state index in [2.05, 4.69) is 61.0 Å². The van der Waals surface area contributed by atoms with Crippen molar-refractivity contribution in [2.24, 2.45) is 0 Å². The summed E-state index contributed by atoms with van der Waals surface area (Å²) in [6.45, 7) is 0. The van der Waals surface area contributed by atoms with Gasteiger partial charge in [-0.2, -0.15) is 0 Å². The molecular weight excluding hydrogens is 513 g/mol. The number of methoxy groups -OCH3 is 2. The Balaban J connectivity index is 1.90. The van der Waals surface area contributed by atoms with Gasteiger partial charge in [0.1, 0.15) is 18.0 Å². The van der Waals surface area contributed by atoms with Crippen molar-refractivity contribution < 1.29 is 13.9 Å². The van der Waals surface area contributed by atoms with Crippen LogP contribution in [0.1, 0.15) is 23.2 Å². The molecule has 0 aliphatic carbocycles. The Morgan fingerprint density at radius 1 is 0.667 bits per heavy atom. The third-order valence-electron chi connectivity index (χ3n) is 5.64. The maximum Gasteiger partial charge on any atom is 0.123 e. The van der Waals surface area contributed by atoms with Gasteiger partial charge < -0.3 is 14.4 Å². The molecule has 0 amide bonds. The number of halogens is 3. The SMILES string of the molecule is CO[C@H]1[C@H](OC)[C@H](c2ccc(Br)cc2)N(c2ccc(F)cc2)[C@H]1c1ccc(Br)cc1. The Morgan fingerprint density at radius 2 is 1.07 bits per heavy atom. The molecule has 0 aromatic heterocycles. The van der Waals surface area contributed by atoms with E-state index in [0.717, 1.165) is 25.8 Å². The lowest BCUT2D eigenvalue weighted by atomic mass is 9.98. The van der Waals surface area contributed by atoms with Crippen molar-refractivity contribution in [2.75, 3.05) is 19.1 Å². The summed E-state index contributed by atoms with van der Waals surface area (Å²) in [6, 6.07) is 22.9. The summed E-state index contributed by atoms with van der Waals surface area (Å²) in [5.41, 5.74) is 3.13. The summed E-state index contributed by atoms with van der Waals surface area (Å²) in [6.07, 6.45) is -0.426. The summed E-state index contributed by atoms with van der Waals surface area (Å²) >= 11 is 7.04. The molecule has 30 heavy (non-hydrogen) atoms. The molecule has 0 saturated carbocycles. The first-order valence-electron chi connectivity index (χ1n) is 9.64. The summed E-state index contributed by atoms with van der Waals surface area (Å²) in [5.74, 6) is -0.259. The quantitative estimate of drug-likeness (QED) is 0.364. The van der Waals surface area contributed by atoms with Gasteiger partial charge >= 0.3 is 0 Å². The fourth-order valence-corrected chi connectivity index (χ4v) is 4.86. The summed E-state index contributed by atoms with van der Waals surface area (Å²) in [5, 5.41) is 0. The first kappa shape index (κ1) is 21.5. The Kier molecular flexibility index (Phi) is 6.58. The number of ether oxygens (including phenoxy) is 2. The monoisotopic (exact) mass is 533 g/mol. The highest BCUT2D eigenvalue weighted by molar-refractivity contribution is 9.10. The van der Waals surface area contributed by atoms with Crippen LogP contribution in [0, 0.1) is 5.82 Å². The lowest BCUT2D eigenvalue weighted by Gasteiger charge is -2.34. The average molecular weight is 535 g/mol. The van der Waals surface area contributed by atoms with Crippen LogP contribution >= 0.6 is 31.9 Å². The van der Waals surface area contributed by atoms with E-state index in [1.807, 2.05) is 36.4 Å². The van der Waals surface area contributed by atoms with Gasteiger partial charge in [0, 0.05) is 28.9 Å². The maximum absolute atomic E-state index is 13.7. The topological polar surface area (TPSA) is 21.7 Å². The predicted molar refractivity (Wildman–Crippen MR) is 124 cm³/mol. The Morgan fingerprint density at radius 3 is 1.43 bits per heavy atom. The van der Waals surface area contributed by atoms with E-state index < -0.39 is 0 Å². The number of benzene rings is 3. The fourth-order valence-electron chi connectivity index (χ4n) is 4.33. The molecule has 0 spiro atoms. The molecule has 3 aromatic carbocycles. The van der Waals surface area contributed by atoms with Crippen LogP contribution in [0.4, 0.5) is 10.1 Å².